The number of hydrogen-bond donors (Lipinski definition) is 2. The van der Waals surface area contributed by atoms with Gasteiger partial charge in [0, 0.05) is 12.1 Å². The van der Waals surface area contributed by atoms with Crippen LogP contribution in [0.5, 0.6) is 0 Å². The molecule has 0 saturated carbocycles. The van der Waals surface area contributed by atoms with E-state index in [-0.39, 0.29) is 12.0 Å². The first kappa shape index (κ1) is 12.1. The lowest BCUT2D eigenvalue weighted by molar-refractivity contribution is 0.0945. The highest BCUT2D eigenvalue weighted by atomic mass is 16.3. The van der Waals surface area contributed by atoms with E-state index in [0.717, 1.165) is 18.4 Å². The lowest BCUT2D eigenvalue weighted by atomic mass is 10.1. The Balaban J connectivity index is 1.95. The third-order valence-electron chi connectivity index (χ3n) is 3.21. The summed E-state index contributed by atoms with van der Waals surface area (Å²) in [5.74, 6) is -0.0413. The molecule has 1 aliphatic carbocycles. The Bertz CT molecular complexity index is 413. The number of amides is 1. The monoisotopic (exact) mass is 233 g/mol. The van der Waals surface area contributed by atoms with Gasteiger partial charge in [0.1, 0.15) is 0 Å². The van der Waals surface area contributed by atoms with E-state index in [1.807, 2.05) is 12.1 Å². The molecule has 0 aliphatic heterocycles. The van der Waals surface area contributed by atoms with Crippen molar-refractivity contribution in [3.63, 3.8) is 0 Å². The molecule has 0 heterocycles. The van der Waals surface area contributed by atoms with Gasteiger partial charge in [-0.3, -0.25) is 4.79 Å². The first-order valence-electron chi connectivity index (χ1n) is 6.25. The Morgan fingerprint density at radius 3 is 2.94 bits per heavy atom. The molecule has 0 fully saturated rings. The minimum atomic E-state index is -0.365. The number of aryl methyl sites for hydroxylation is 2. The minimum absolute atomic E-state index is 0.0413. The van der Waals surface area contributed by atoms with Crippen molar-refractivity contribution < 1.29 is 9.90 Å². The highest BCUT2D eigenvalue weighted by molar-refractivity contribution is 5.94. The SMILES string of the molecule is CC(O)CCNC(=O)c1ccc2c(c1)CCC2. The zero-order valence-corrected chi connectivity index (χ0v) is 10.2. The molecule has 0 spiro atoms. The molecule has 1 amide bonds. The topological polar surface area (TPSA) is 49.3 Å². The van der Waals surface area contributed by atoms with Crippen molar-refractivity contribution in [2.24, 2.45) is 0 Å². The van der Waals surface area contributed by atoms with Crippen LogP contribution in [0.4, 0.5) is 0 Å². The van der Waals surface area contributed by atoms with Crippen LogP contribution in [0.1, 0.15) is 41.3 Å². The summed E-state index contributed by atoms with van der Waals surface area (Å²) in [5.41, 5.74) is 3.43. The second kappa shape index (κ2) is 5.32. The largest absolute Gasteiger partial charge is 0.393 e. The minimum Gasteiger partial charge on any atom is -0.393 e. The fourth-order valence-corrected chi connectivity index (χ4v) is 2.21. The molecule has 1 atom stereocenters. The van der Waals surface area contributed by atoms with Crippen molar-refractivity contribution in [1.29, 1.82) is 0 Å². The fourth-order valence-electron chi connectivity index (χ4n) is 2.21. The lowest BCUT2D eigenvalue weighted by Gasteiger charge is -2.08. The van der Waals surface area contributed by atoms with E-state index in [1.54, 1.807) is 6.92 Å². The van der Waals surface area contributed by atoms with E-state index < -0.39 is 0 Å². The Morgan fingerprint density at radius 1 is 1.41 bits per heavy atom. The zero-order chi connectivity index (χ0) is 12.3. The van der Waals surface area contributed by atoms with Crippen LogP contribution < -0.4 is 5.32 Å². The predicted octanol–water partition coefficient (Wildman–Crippen LogP) is 1.68. The molecule has 1 aromatic rings. The van der Waals surface area contributed by atoms with E-state index in [2.05, 4.69) is 11.4 Å². The molecule has 3 heteroatoms. The molecule has 0 aromatic heterocycles. The maximum atomic E-state index is 11.8. The maximum Gasteiger partial charge on any atom is 0.251 e. The number of aliphatic hydroxyl groups excluding tert-OH is 1. The van der Waals surface area contributed by atoms with Gasteiger partial charge in [0.05, 0.1) is 6.10 Å². The Kier molecular flexibility index (Phi) is 3.79. The van der Waals surface area contributed by atoms with Crippen LogP contribution >= 0.6 is 0 Å². The zero-order valence-electron chi connectivity index (χ0n) is 10.2. The molecule has 0 saturated heterocycles. The number of fused-ring (bicyclic) bond motifs is 1. The maximum absolute atomic E-state index is 11.8. The molecule has 92 valence electrons. The normalized spacial score (nSPS) is 15.4. The molecule has 2 N–H and O–H groups in total. The molecule has 0 bridgehead atoms. The van der Waals surface area contributed by atoms with Crippen LogP contribution in [0.15, 0.2) is 18.2 Å². The van der Waals surface area contributed by atoms with Crippen LogP contribution in [0, 0.1) is 0 Å². The molecule has 1 aromatic carbocycles. The van der Waals surface area contributed by atoms with Gasteiger partial charge in [-0.1, -0.05) is 6.07 Å². The van der Waals surface area contributed by atoms with Gasteiger partial charge in [0.25, 0.3) is 5.91 Å². The van der Waals surface area contributed by atoms with Gasteiger partial charge in [-0.2, -0.15) is 0 Å². The van der Waals surface area contributed by atoms with Crippen LogP contribution in [-0.4, -0.2) is 23.7 Å². The van der Waals surface area contributed by atoms with Crippen molar-refractivity contribution in [2.75, 3.05) is 6.54 Å². The number of carbonyl (C=O) groups excluding carboxylic acids is 1. The molecule has 1 aliphatic rings. The van der Waals surface area contributed by atoms with E-state index in [9.17, 15) is 4.79 Å². The van der Waals surface area contributed by atoms with Gasteiger partial charge in [-0.05, 0) is 55.9 Å². The van der Waals surface area contributed by atoms with E-state index in [4.69, 9.17) is 5.11 Å². The second-order valence-electron chi connectivity index (χ2n) is 4.73. The van der Waals surface area contributed by atoms with Gasteiger partial charge in [-0.25, -0.2) is 0 Å². The van der Waals surface area contributed by atoms with Crippen LogP contribution in [0.3, 0.4) is 0 Å². The number of aliphatic hydroxyl groups is 1. The summed E-state index contributed by atoms with van der Waals surface area (Å²) < 4.78 is 0. The highest BCUT2D eigenvalue weighted by Gasteiger charge is 2.13. The van der Waals surface area contributed by atoms with Crippen molar-refractivity contribution in [3.8, 4) is 0 Å². The number of hydrogen-bond acceptors (Lipinski definition) is 2. The van der Waals surface area contributed by atoms with Crippen molar-refractivity contribution in [1.82, 2.24) is 5.32 Å². The Labute approximate surface area is 102 Å². The van der Waals surface area contributed by atoms with E-state index in [0.29, 0.717) is 13.0 Å². The third kappa shape index (κ3) is 3.07. The van der Waals surface area contributed by atoms with Gasteiger partial charge in [-0.15, -0.1) is 0 Å². The van der Waals surface area contributed by atoms with Crippen molar-refractivity contribution in [3.05, 3.63) is 34.9 Å². The van der Waals surface area contributed by atoms with E-state index in [1.165, 1.54) is 17.5 Å². The van der Waals surface area contributed by atoms with Crippen LogP contribution in [0.25, 0.3) is 0 Å². The molecular weight excluding hydrogens is 214 g/mol. The van der Waals surface area contributed by atoms with Crippen LogP contribution in [0.2, 0.25) is 0 Å². The highest BCUT2D eigenvalue weighted by Crippen LogP contribution is 2.22. The standard InChI is InChI=1S/C14H19NO2/c1-10(16)7-8-15-14(17)13-6-5-11-3-2-4-12(11)9-13/h5-6,9-10,16H,2-4,7-8H2,1H3,(H,15,17). The first-order valence-corrected chi connectivity index (χ1v) is 6.25. The molecule has 3 nitrogen and oxygen atoms in total. The summed E-state index contributed by atoms with van der Waals surface area (Å²) >= 11 is 0. The summed E-state index contributed by atoms with van der Waals surface area (Å²) in [6, 6.07) is 5.95. The predicted molar refractivity (Wildman–Crippen MR) is 67.1 cm³/mol. The number of benzene rings is 1. The van der Waals surface area contributed by atoms with Crippen molar-refractivity contribution in [2.45, 2.75) is 38.7 Å². The Morgan fingerprint density at radius 2 is 2.18 bits per heavy atom. The molecule has 2 rings (SSSR count). The van der Waals surface area contributed by atoms with Crippen LogP contribution in [-0.2, 0) is 12.8 Å². The second-order valence-corrected chi connectivity index (χ2v) is 4.73. The molecular formula is C14H19NO2. The lowest BCUT2D eigenvalue weighted by Crippen LogP contribution is -2.26. The summed E-state index contributed by atoms with van der Waals surface area (Å²) in [6.07, 6.45) is 3.65. The molecule has 0 radical (unpaired) electrons. The fraction of sp³-hybridized carbons (Fsp3) is 0.500. The number of rotatable bonds is 4. The van der Waals surface area contributed by atoms with Gasteiger partial charge in [0.15, 0.2) is 0 Å². The average Bonchev–Trinajstić information content (AvgIpc) is 2.75. The van der Waals surface area contributed by atoms with Gasteiger partial charge < -0.3 is 10.4 Å². The molecule has 17 heavy (non-hydrogen) atoms. The number of carbonyl (C=O) groups is 1. The van der Waals surface area contributed by atoms with Gasteiger partial charge >= 0.3 is 0 Å². The number of nitrogens with one attached hydrogen (secondary N) is 1. The summed E-state index contributed by atoms with van der Waals surface area (Å²) in [6.45, 7) is 2.25. The summed E-state index contributed by atoms with van der Waals surface area (Å²) in [5, 5.41) is 11.9. The smallest absolute Gasteiger partial charge is 0.251 e. The average molecular weight is 233 g/mol. The quantitative estimate of drug-likeness (QED) is 0.831. The third-order valence-corrected chi connectivity index (χ3v) is 3.21. The summed E-state index contributed by atoms with van der Waals surface area (Å²) in [4.78, 5) is 11.8. The van der Waals surface area contributed by atoms with Crippen molar-refractivity contribution >= 4 is 5.91 Å². The molecule has 1 unspecified atom stereocenters. The Hall–Kier alpha value is -1.35. The summed E-state index contributed by atoms with van der Waals surface area (Å²) in [7, 11) is 0. The van der Waals surface area contributed by atoms with E-state index >= 15 is 0 Å². The van der Waals surface area contributed by atoms with Gasteiger partial charge in [0.2, 0.25) is 0 Å². The first-order chi connectivity index (χ1) is 8.16.